The zero-order chi connectivity index (χ0) is 17.1. The average molecular weight is 318 g/mol. The van der Waals surface area contributed by atoms with Gasteiger partial charge in [-0.3, -0.25) is 4.79 Å². The Balaban J connectivity index is 2.60. The number of carbonyl (C=O) groups is 1. The predicted molar refractivity (Wildman–Crippen MR) is 84.9 cm³/mol. The molecule has 0 amide bonds. The zero-order valence-electron chi connectivity index (χ0n) is 13.1. The van der Waals surface area contributed by atoms with E-state index in [9.17, 15) is 9.90 Å². The fraction of sp³-hybridized carbons (Fsp3) is 0.267. The first-order valence-corrected chi connectivity index (χ1v) is 6.73. The second kappa shape index (κ2) is 6.39. The third-order valence-corrected chi connectivity index (χ3v) is 3.38. The Morgan fingerprint density at radius 3 is 2.48 bits per heavy atom. The summed E-state index contributed by atoms with van der Waals surface area (Å²) in [6, 6.07) is 1.62. The van der Waals surface area contributed by atoms with E-state index >= 15 is 0 Å². The number of ether oxygens (including phenoxy) is 2. The van der Waals surface area contributed by atoms with Crippen molar-refractivity contribution in [1.82, 2.24) is 9.97 Å². The molecule has 0 saturated carbocycles. The van der Waals surface area contributed by atoms with Crippen LogP contribution >= 0.6 is 0 Å². The number of hydrogen-bond acceptors (Lipinski definition) is 8. The quantitative estimate of drug-likeness (QED) is 0.699. The van der Waals surface area contributed by atoms with Gasteiger partial charge in [-0.05, 0) is 18.6 Å². The van der Waals surface area contributed by atoms with Crippen molar-refractivity contribution >= 4 is 17.5 Å². The Hall–Kier alpha value is -3.03. The van der Waals surface area contributed by atoms with Crippen molar-refractivity contribution in [2.45, 2.75) is 13.3 Å². The van der Waals surface area contributed by atoms with Crippen LogP contribution in [0.25, 0.3) is 0 Å². The van der Waals surface area contributed by atoms with Gasteiger partial charge in [-0.1, -0.05) is 0 Å². The molecule has 2 aromatic rings. The Labute approximate surface area is 133 Å². The minimum atomic E-state index is -0.312. The topological polar surface area (TPSA) is 134 Å². The lowest BCUT2D eigenvalue weighted by atomic mass is 9.96. The summed E-state index contributed by atoms with van der Waals surface area (Å²) in [4.78, 5) is 19.7. The average Bonchev–Trinajstić information content (AvgIpc) is 2.49. The first-order valence-electron chi connectivity index (χ1n) is 6.73. The zero-order valence-corrected chi connectivity index (χ0v) is 13.1. The Bertz CT molecular complexity index is 762. The molecule has 0 saturated heterocycles. The molecular formula is C15H18N4O4. The number of aromatic nitrogens is 2. The second-order valence-electron chi connectivity index (χ2n) is 4.87. The summed E-state index contributed by atoms with van der Waals surface area (Å²) in [6.07, 6.45) is 1.71. The van der Waals surface area contributed by atoms with Crippen molar-refractivity contribution in [1.29, 1.82) is 0 Å². The molecule has 1 heterocycles. The van der Waals surface area contributed by atoms with Gasteiger partial charge in [0.1, 0.15) is 5.82 Å². The highest BCUT2D eigenvalue weighted by atomic mass is 16.5. The third-order valence-electron chi connectivity index (χ3n) is 3.38. The monoisotopic (exact) mass is 318 g/mol. The number of methoxy groups -OCH3 is 2. The molecule has 5 N–H and O–H groups in total. The standard InChI is InChI=1S/C15H18N4O4/c1-7(20)11-8(4-9-6-18-15(17)19-14(9)16)5-10(22-2)13(23-3)12(11)21/h5-6,21H,4H2,1-3H3,(H4,16,17,18,19). The molecule has 0 spiro atoms. The summed E-state index contributed by atoms with van der Waals surface area (Å²) in [7, 11) is 2.82. The number of anilines is 2. The van der Waals surface area contributed by atoms with Crippen molar-refractivity contribution in [3.8, 4) is 17.2 Å². The first kappa shape index (κ1) is 16.3. The minimum absolute atomic E-state index is 0.0631. The number of carbonyl (C=O) groups excluding carboxylic acids is 1. The van der Waals surface area contributed by atoms with Gasteiger partial charge in [0.15, 0.2) is 17.3 Å². The normalized spacial score (nSPS) is 10.4. The number of hydrogen-bond donors (Lipinski definition) is 3. The van der Waals surface area contributed by atoms with E-state index in [0.717, 1.165) is 0 Å². The molecule has 23 heavy (non-hydrogen) atoms. The number of nitrogen functional groups attached to an aromatic ring is 2. The van der Waals surface area contributed by atoms with Crippen LogP contribution < -0.4 is 20.9 Å². The number of nitrogens with two attached hydrogens (primary N) is 2. The lowest BCUT2D eigenvalue weighted by Crippen LogP contribution is -2.08. The van der Waals surface area contributed by atoms with E-state index in [1.54, 1.807) is 6.07 Å². The fourth-order valence-corrected chi connectivity index (χ4v) is 2.34. The van der Waals surface area contributed by atoms with Gasteiger partial charge < -0.3 is 26.0 Å². The van der Waals surface area contributed by atoms with E-state index in [0.29, 0.717) is 16.9 Å². The van der Waals surface area contributed by atoms with E-state index in [2.05, 4.69) is 9.97 Å². The number of Topliss-reactive ketones (excluding diaryl/α,β-unsaturated/α-hetero) is 1. The van der Waals surface area contributed by atoms with Gasteiger partial charge in [-0.15, -0.1) is 0 Å². The van der Waals surface area contributed by atoms with Crippen molar-refractivity contribution < 1.29 is 19.4 Å². The van der Waals surface area contributed by atoms with Crippen molar-refractivity contribution in [2.75, 3.05) is 25.7 Å². The Morgan fingerprint density at radius 2 is 1.96 bits per heavy atom. The molecule has 122 valence electrons. The lowest BCUT2D eigenvalue weighted by Gasteiger charge is -2.16. The molecular weight excluding hydrogens is 300 g/mol. The van der Waals surface area contributed by atoms with Crippen molar-refractivity contribution in [3.05, 3.63) is 29.0 Å². The van der Waals surface area contributed by atoms with E-state index in [1.165, 1.54) is 27.3 Å². The fourth-order valence-electron chi connectivity index (χ4n) is 2.34. The van der Waals surface area contributed by atoms with Gasteiger partial charge >= 0.3 is 0 Å². The lowest BCUT2D eigenvalue weighted by molar-refractivity contribution is 0.101. The molecule has 2 rings (SSSR count). The smallest absolute Gasteiger partial charge is 0.221 e. The van der Waals surface area contributed by atoms with E-state index < -0.39 is 0 Å². The van der Waals surface area contributed by atoms with E-state index in [-0.39, 0.29) is 41.0 Å². The van der Waals surface area contributed by atoms with E-state index in [4.69, 9.17) is 20.9 Å². The van der Waals surface area contributed by atoms with Crippen molar-refractivity contribution in [3.63, 3.8) is 0 Å². The van der Waals surface area contributed by atoms with Crippen molar-refractivity contribution in [2.24, 2.45) is 0 Å². The summed E-state index contributed by atoms with van der Waals surface area (Å²) in [5, 5.41) is 10.3. The molecule has 8 heteroatoms. The highest BCUT2D eigenvalue weighted by Crippen LogP contribution is 2.42. The number of rotatable bonds is 5. The molecule has 0 aliphatic heterocycles. The molecule has 0 fully saturated rings. The molecule has 0 bridgehead atoms. The molecule has 8 nitrogen and oxygen atoms in total. The maximum absolute atomic E-state index is 11.9. The van der Waals surface area contributed by atoms with Gasteiger partial charge in [0.2, 0.25) is 11.7 Å². The van der Waals surface area contributed by atoms with Gasteiger partial charge in [0, 0.05) is 18.2 Å². The van der Waals surface area contributed by atoms with Crippen LogP contribution in [0.5, 0.6) is 17.2 Å². The molecule has 0 radical (unpaired) electrons. The maximum atomic E-state index is 11.9. The SMILES string of the molecule is COc1cc(Cc2cnc(N)nc2N)c(C(C)=O)c(O)c1OC. The van der Waals surface area contributed by atoms with Gasteiger partial charge in [-0.2, -0.15) is 4.98 Å². The number of aromatic hydroxyl groups is 1. The summed E-state index contributed by atoms with van der Waals surface area (Å²) in [5.41, 5.74) is 12.5. The molecule has 0 atom stereocenters. The summed E-state index contributed by atoms with van der Waals surface area (Å²) < 4.78 is 10.3. The number of phenols is 1. The minimum Gasteiger partial charge on any atom is -0.504 e. The maximum Gasteiger partial charge on any atom is 0.221 e. The van der Waals surface area contributed by atoms with Gasteiger partial charge in [-0.25, -0.2) is 4.98 Å². The van der Waals surface area contributed by atoms with Crippen LogP contribution in [0.3, 0.4) is 0 Å². The highest BCUT2D eigenvalue weighted by molar-refractivity contribution is 5.99. The van der Waals surface area contributed by atoms with Crippen LogP contribution in [0.1, 0.15) is 28.4 Å². The number of nitrogens with zero attached hydrogens (tertiary/aromatic N) is 2. The number of benzene rings is 1. The van der Waals surface area contributed by atoms with E-state index in [1.807, 2.05) is 0 Å². The molecule has 1 aromatic heterocycles. The van der Waals surface area contributed by atoms with Crippen LogP contribution in [-0.4, -0.2) is 35.1 Å². The second-order valence-corrected chi connectivity index (χ2v) is 4.87. The largest absolute Gasteiger partial charge is 0.504 e. The first-order chi connectivity index (χ1) is 10.9. The van der Waals surface area contributed by atoms with Gasteiger partial charge in [0.25, 0.3) is 0 Å². The number of ketones is 1. The van der Waals surface area contributed by atoms with Crippen LogP contribution in [0.2, 0.25) is 0 Å². The summed E-state index contributed by atoms with van der Waals surface area (Å²) >= 11 is 0. The summed E-state index contributed by atoms with van der Waals surface area (Å²) in [5.74, 6) is 0.0927. The summed E-state index contributed by atoms with van der Waals surface area (Å²) in [6.45, 7) is 1.35. The third kappa shape index (κ3) is 3.10. The Kier molecular flexibility index (Phi) is 4.54. The molecule has 0 aliphatic carbocycles. The van der Waals surface area contributed by atoms with Crippen LogP contribution in [-0.2, 0) is 6.42 Å². The predicted octanol–water partition coefficient (Wildman–Crippen LogP) is 1.16. The number of phenolic OH excluding ortho intramolecular Hbond substituents is 1. The molecule has 0 unspecified atom stereocenters. The van der Waals surface area contributed by atoms with Crippen LogP contribution in [0, 0.1) is 0 Å². The van der Waals surface area contributed by atoms with Gasteiger partial charge in [0.05, 0.1) is 19.8 Å². The highest BCUT2D eigenvalue weighted by Gasteiger charge is 2.22. The Morgan fingerprint density at radius 1 is 1.26 bits per heavy atom. The van der Waals surface area contributed by atoms with Crippen LogP contribution in [0.4, 0.5) is 11.8 Å². The van der Waals surface area contributed by atoms with Crippen LogP contribution in [0.15, 0.2) is 12.3 Å². The molecule has 1 aromatic carbocycles. The molecule has 0 aliphatic rings.